The molecule has 1 heterocycles. The lowest BCUT2D eigenvalue weighted by molar-refractivity contribution is 0.534. The minimum Gasteiger partial charge on any atom is -0.311 e. The molecule has 0 radical (unpaired) electrons. The second-order valence-corrected chi connectivity index (χ2v) is 6.38. The first-order chi connectivity index (χ1) is 7.35. The molecule has 1 fully saturated rings. The Bertz CT molecular complexity index is 276. The molecule has 0 atom stereocenters. The molecule has 15 heavy (non-hydrogen) atoms. The van der Waals surface area contributed by atoms with Crippen molar-refractivity contribution in [2.45, 2.75) is 37.0 Å². The number of hydrogen-bond acceptors (Lipinski definition) is 3. The van der Waals surface area contributed by atoms with Crippen LogP contribution >= 0.6 is 23.1 Å². The van der Waals surface area contributed by atoms with Crippen molar-refractivity contribution >= 4 is 23.1 Å². The van der Waals surface area contributed by atoms with Crippen LogP contribution in [-0.4, -0.2) is 17.5 Å². The number of thiophene rings is 1. The van der Waals surface area contributed by atoms with E-state index in [0.29, 0.717) is 4.75 Å². The van der Waals surface area contributed by atoms with E-state index in [0.717, 1.165) is 6.54 Å². The SMILES string of the molecule is CSC1(CNCc2ccsc2)CCCC1. The zero-order valence-corrected chi connectivity index (χ0v) is 10.9. The van der Waals surface area contributed by atoms with Gasteiger partial charge in [0.05, 0.1) is 0 Å². The number of thioether (sulfide) groups is 1. The predicted octanol–water partition coefficient (Wildman–Crippen LogP) is 3.51. The summed E-state index contributed by atoms with van der Waals surface area (Å²) in [5.41, 5.74) is 1.43. The molecule has 2 rings (SSSR count). The predicted molar refractivity (Wildman–Crippen MR) is 70.7 cm³/mol. The van der Waals surface area contributed by atoms with E-state index >= 15 is 0 Å². The average molecular weight is 241 g/mol. The average Bonchev–Trinajstić information content (AvgIpc) is 2.89. The molecule has 1 N–H and O–H groups in total. The van der Waals surface area contributed by atoms with Gasteiger partial charge in [-0.05, 0) is 41.5 Å². The molecule has 1 saturated carbocycles. The number of hydrogen-bond donors (Lipinski definition) is 1. The Morgan fingerprint density at radius 1 is 1.47 bits per heavy atom. The van der Waals surface area contributed by atoms with Gasteiger partial charge in [0.2, 0.25) is 0 Å². The molecule has 1 nitrogen and oxygen atoms in total. The van der Waals surface area contributed by atoms with Gasteiger partial charge in [-0.2, -0.15) is 23.1 Å². The molecule has 0 aromatic carbocycles. The maximum Gasteiger partial charge on any atom is 0.0281 e. The van der Waals surface area contributed by atoms with Crippen LogP contribution in [0.1, 0.15) is 31.2 Å². The van der Waals surface area contributed by atoms with Gasteiger partial charge in [-0.15, -0.1) is 0 Å². The van der Waals surface area contributed by atoms with E-state index in [-0.39, 0.29) is 0 Å². The maximum absolute atomic E-state index is 3.61. The first-order valence-electron chi connectivity index (χ1n) is 5.62. The van der Waals surface area contributed by atoms with Crippen LogP contribution < -0.4 is 5.32 Å². The first kappa shape index (κ1) is 11.5. The minimum atomic E-state index is 0.538. The van der Waals surface area contributed by atoms with E-state index in [9.17, 15) is 0 Å². The van der Waals surface area contributed by atoms with Crippen LogP contribution in [0.3, 0.4) is 0 Å². The lowest BCUT2D eigenvalue weighted by atomic mass is 10.1. The summed E-state index contributed by atoms with van der Waals surface area (Å²) in [6, 6.07) is 2.21. The summed E-state index contributed by atoms with van der Waals surface area (Å²) in [7, 11) is 0. The standard InChI is InChI=1S/C12H19NS2/c1-14-12(5-2-3-6-12)10-13-8-11-4-7-15-9-11/h4,7,9,13H,2-3,5-6,8,10H2,1H3. The van der Waals surface area contributed by atoms with Crippen molar-refractivity contribution in [3.63, 3.8) is 0 Å². The van der Waals surface area contributed by atoms with Gasteiger partial charge in [0.1, 0.15) is 0 Å². The highest BCUT2D eigenvalue weighted by Gasteiger charge is 2.32. The summed E-state index contributed by atoms with van der Waals surface area (Å²) in [5.74, 6) is 0. The number of nitrogens with one attached hydrogen (secondary N) is 1. The molecule has 0 spiro atoms. The topological polar surface area (TPSA) is 12.0 Å². The third kappa shape index (κ3) is 2.99. The third-order valence-electron chi connectivity index (χ3n) is 3.30. The van der Waals surface area contributed by atoms with Crippen molar-refractivity contribution in [1.82, 2.24) is 5.32 Å². The molecular weight excluding hydrogens is 222 g/mol. The van der Waals surface area contributed by atoms with Crippen molar-refractivity contribution in [3.05, 3.63) is 22.4 Å². The highest BCUT2D eigenvalue weighted by atomic mass is 32.2. The molecule has 1 aromatic heterocycles. The van der Waals surface area contributed by atoms with E-state index in [1.165, 1.54) is 37.8 Å². The quantitative estimate of drug-likeness (QED) is 0.846. The highest BCUT2D eigenvalue weighted by Crippen LogP contribution is 2.39. The highest BCUT2D eigenvalue weighted by molar-refractivity contribution is 8.00. The Balaban J connectivity index is 1.77. The minimum absolute atomic E-state index is 0.538. The van der Waals surface area contributed by atoms with Crippen LogP contribution in [0.4, 0.5) is 0 Å². The lowest BCUT2D eigenvalue weighted by Gasteiger charge is -2.27. The van der Waals surface area contributed by atoms with E-state index in [4.69, 9.17) is 0 Å². The molecule has 1 aliphatic rings. The fourth-order valence-electron chi connectivity index (χ4n) is 2.30. The summed E-state index contributed by atoms with van der Waals surface area (Å²) in [6.45, 7) is 2.20. The summed E-state index contributed by atoms with van der Waals surface area (Å²) >= 11 is 3.84. The molecule has 1 aromatic rings. The van der Waals surface area contributed by atoms with Crippen molar-refractivity contribution in [3.8, 4) is 0 Å². The van der Waals surface area contributed by atoms with Gasteiger partial charge in [0.25, 0.3) is 0 Å². The van der Waals surface area contributed by atoms with Gasteiger partial charge in [-0.1, -0.05) is 12.8 Å². The summed E-state index contributed by atoms with van der Waals surface area (Å²) in [6.07, 6.45) is 7.88. The third-order valence-corrected chi connectivity index (χ3v) is 5.45. The zero-order valence-electron chi connectivity index (χ0n) is 9.29. The normalized spacial score (nSPS) is 19.5. The van der Waals surface area contributed by atoms with Crippen LogP contribution in [-0.2, 0) is 6.54 Å². The Morgan fingerprint density at radius 3 is 2.87 bits per heavy atom. The van der Waals surface area contributed by atoms with Crippen LogP contribution in [0.2, 0.25) is 0 Å². The molecule has 3 heteroatoms. The van der Waals surface area contributed by atoms with Gasteiger partial charge in [0, 0.05) is 17.8 Å². The van der Waals surface area contributed by atoms with Crippen molar-refractivity contribution in [2.75, 3.05) is 12.8 Å². The van der Waals surface area contributed by atoms with Gasteiger partial charge in [-0.3, -0.25) is 0 Å². The Hall–Kier alpha value is 0.01000. The van der Waals surface area contributed by atoms with Crippen molar-refractivity contribution < 1.29 is 0 Å². The molecule has 0 unspecified atom stereocenters. The maximum atomic E-state index is 3.61. The molecule has 1 aliphatic carbocycles. The summed E-state index contributed by atoms with van der Waals surface area (Å²) in [5, 5.41) is 7.99. The van der Waals surface area contributed by atoms with Gasteiger partial charge in [-0.25, -0.2) is 0 Å². The van der Waals surface area contributed by atoms with Gasteiger partial charge in [0.15, 0.2) is 0 Å². The largest absolute Gasteiger partial charge is 0.311 e. The van der Waals surface area contributed by atoms with E-state index in [2.05, 4.69) is 40.2 Å². The first-order valence-corrected chi connectivity index (χ1v) is 7.78. The zero-order chi connectivity index (χ0) is 10.6. The van der Waals surface area contributed by atoms with Gasteiger partial charge >= 0.3 is 0 Å². The summed E-state index contributed by atoms with van der Waals surface area (Å²) in [4.78, 5) is 0. The molecule has 0 bridgehead atoms. The smallest absolute Gasteiger partial charge is 0.0281 e. The van der Waals surface area contributed by atoms with Crippen LogP contribution in [0, 0.1) is 0 Å². The van der Waals surface area contributed by atoms with Crippen molar-refractivity contribution in [1.29, 1.82) is 0 Å². The van der Waals surface area contributed by atoms with Crippen LogP contribution in [0.25, 0.3) is 0 Å². The lowest BCUT2D eigenvalue weighted by Crippen LogP contribution is -2.34. The van der Waals surface area contributed by atoms with Crippen LogP contribution in [0.15, 0.2) is 16.8 Å². The second-order valence-electron chi connectivity index (χ2n) is 4.33. The Kier molecular flexibility index (Phi) is 4.12. The van der Waals surface area contributed by atoms with E-state index in [1.54, 1.807) is 11.3 Å². The Labute approximate surface area is 101 Å². The molecule has 0 amide bonds. The van der Waals surface area contributed by atoms with Crippen molar-refractivity contribution in [2.24, 2.45) is 0 Å². The number of rotatable bonds is 5. The molecule has 84 valence electrons. The monoisotopic (exact) mass is 241 g/mol. The van der Waals surface area contributed by atoms with E-state index < -0.39 is 0 Å². The molecule has 0 saturated heterocycles. The second kappa shape index (κ2) is 5.37. The Morgan fingerprint density at radius 2 is 2.27 bits per heavy atom. The fraction of sp³-hybridized carbons (Fsp3) is 0.667. The summed E-state index contributed by atoms with van der Waals surface area (Å²) < 4.78 is 0.538. The van der Waals surface area contributed by atoms with Crippen LogP contribution in [0.5, 0.6) is 0 Å². The molecule has 0 aliphatic heterocycles. The fourth-order valence-corrected chi connectivity index (χ4v) is 3.91. The van der Waals surface area contributed by atoms with E-state index in [1.807, 2.05) is 0 Å². The molecular formula is C12H19NS2. The van der Waals surface area contributed by atoms with Gasteiger partial charge < -0.3 is 5.32 Å².